The summed E-state index contributed by atoms with van der Waals surface area (Å²) in [7, 11) is 1.40. The predicted molar refractivity (Wildman–Crippen MR) is 131 cm³/mol. The third kappa shape index (κ3) is 5.52. The lowest BCUT2D eigenvalue weighted by Crippen LogP contribution is -2.27. The average Bonchev–Trinajstić information content (AvgIpc) is 3.40. The minimum absolute atomic E-state index is 0.0124. The van der Waals surface area contributed by atoms with Gasteiger partial charge in [0.25, 0.3) is 11.8 Å². The molecule has 2 amide bonds. The van der Waals surface area contributed by atoms with Gasteiger partial charge in [0, 0.05) is 41.0 Å². The van der Waals surface area contributed by atoms with E-state index < -0.39 is 10.8 Å². The van der Waals surface area contributed by atoms with E-state index in [2.05, 4.69) is 5.32 Å². The summed E-state index contributed by atoms with van der Waals surface area (Å²) in [5.41, 5.74) is 1.10. The van der Waals surface area contributed by atoms with Gasteiger partial charge in [-0.15, -0.1) is 0 Å². The van der Waals surface area contributed by atoms with Gasteiger partial charge in [0.15, 0.2) is 11.5 Å². The molecule has 0 aliphatic carbocycles. The molecule has 0 saturated carbocycles. The first-order valence-electron chi connectivity index (χ1n) is 10.9. The second-order valence-electron chi connectivity index (χ2n) is 7.87. The zero-order valence-corrected chi connectivity index (χ0v) is 19.6. The second kappa shape index (κ2) is 10.4. The Labute approximate surface area is 206 Å². The number of nitrogens with one attached hydrogen (secondary N) is 1. The van der Waals surface area contributed by atoms with Gasteiger partial charge in [-0.25, -0.2) is 0 Å². The Morgan fingerprint density at radius 1 is 0.943 bits per heavy atom. The molecule has 0 atom stereocenters. The molecule has 10 heteroatoms. The highest BCUT2D eigenvalue weighted by Crippen LogP contribution is 2.38. The summed E-state index contributed by atoms with van der Waals surface area (Å²) >= 11 is 5.85. The SMILES string of the molecule is COc1cc(C(=O)Nc2ccc(C(=O)N3CCCC3)cc2)ccc1Oc1ccc(Cl)cc1[N+](=O)[O-]. The molecule has 1 heterocycles. The van der Waals surface area contributed by atoms with Gasteiger partial charge >= 0.3 is 5.69 Å². The number of ether oxygens (including phenoxy) is 2. The molecule has 1 fully saturated rings. The summed E-state index contributed by atoms with van der Waals surface area (Å²) in [6.07, 6.45) is 2.04. The quantitative estimate of drug-likeness (QED) is 0.340. The molecule has 0 spiro atoms. The van der Waals surface area contributed by atoms with Crippen molar-refractivity contribution in [2.75, 3.05) is 25.5 Å². The molecular weight excluding hydrogens is 474 g/mol. The topological polar surface area (TPSA) is 111 Å². The van der Waals surface area contributed by atoms with Gasteiger partial charge in [-0.3, -0.25) is 19.7 Å². The third-order valence-electron chi connectivity index (χ3n) is 5.55. The molecule has 1 aliphatic rings. The van der Waals surface area contributed by atoms with Crippen molar-refractivity contribution in [2.24, 2.45) is 0 Å². The lowest BCUT2D eigenvalue weighted by molar-refractivity contribution is -0.385. The maximum absolute atomic E-state index is 12.8. The number of benzene rings is 3. The molecule has 4 rings (SSSR count). The number of amides is 2. The van der Waals surface area contributed by atoms with E-state index in [1.807, 2.05) is 4.90 Å². The number of rotatable bonds is 7. The number of methoxy groups -OCH3 is 1. The number of nitro groups is 1. The van der Waals surface area contributed by atoms with Crippen LogP contribution < -0.4 is 14.8 Å². The van der Waals surface area contributed by atoms with Gasteiger partial charge in [0.2, 0.25) is 5.75 Å². The molecular formula is C25H22ClN3O6. The number of halogens is 1. The van der Waals surface area contributed by atoms with E-state index >= 15 is 0 Å². The van der Waals surface area contributed by atoms with Gasteiger partial charge in [-0.2, -0.15) is 0 Å². The third-order valence-corrected chi connectivity index (χ3v) is 5.78. The maximum atomic E-state index is 12.8. The molecule has 0 bridgehead atoms. The summed E-state index contributed by atoms with van der Waals surface area (Å²) in [4.78, 5) is 37.8. The van der Waals surface area contributed by atoms with Crippen LogP contribution >= 0.6 is 11.6 Å². The smallest absolute Gasteiger partial charge is 0.313 e. The van der Waals surface area contributed by atoms with Crippen LogP contribution in [0.15, 0.2) is 60.7 Å². The van der Waals surface area contributed by atoms with Gasteiger partial charge < -0.3 is 19.7 Å². The number of nitrogens with zero attached hydrogens (tertiary/aromatic N) is 2. The van der Waals surface area contributed by atoms with Crippen LogP contribution in [0.2, 0.25) is 5.02 Å². The molecule has 1 saturated heterocycles. The normalized spacial score (nSPS) is 12.8. The number of likely N-dealkylation sites (tertiary alicyclic amines) is 1. The Morgan fingerprint density at radius 3 is 2.26 bits per heavy atom. The molecule has 0 aromatic heterocycles. The Hall–Kier alpha value is -4.11. The second-order valence-corrected chi connectivity index (χ2v) is 8.30. The first-order chi connectivity index (χ1) is 16.9. The van der Waals surface area contributed by atoms with E-state index in [9.17, 15) is 19.7 Å². The first kappa shape index (κ1) is 24.0. The lowest BCUT2D eigenvalue weighted by Gasteiger charge is -2.15. The van der Waals surface area contributed by atoms with E-state index in [0.29, 0.717) is 11.3 Å². The predicted octanol–water partition coefficient (Wildman–Crippen LogP) is 5.54. The average molecular weight is 496 g/mol. The summed E-state index contributed by atoms with van der Waals surface area (Å²) in [6, 6.07) is 15.3. The fourth-order valence-electron chi connectivity index (χ4n) is 3.73. The van der Waals surface area contributed by atoms with E-state index in [-0.39, 0.29) is 39.4 Å². The van der Waals surface area contributed by atoms with Gasteiger partial charge in [-0.05, 0) is 67.4 Å². The summed E-state index contributed by atoms with van der Waals surface area (Å²) < 4.78 is 11.0. The fraction of sp³-hybridized carbons (Fsp3) is 0.200. The number of anilines is 1. The van der Waals surface area contributed by atoms with Crippen LogP contribution in [0.4, 0.5) is 11.4 Å². The number of carbonyl (C=O) groups excluding carboxylic acids is 2. The zero-order chi connectivity index (χ0) is 24.9. The van der Waals surface area contributed by atoms with Crippen LogP contribution in [-0.2, 0) is 0 Å². The fourth-order valence-corrected chi connectivity index (χ4v) is 3.90. The monoisotopic (exact) mass is 495 g/mol. The summed E-state index contributed by atoms with van der Waals surface area (Å²) in [5, 5.41) is 14.3. The van der Waals surface area contributed by atoms with Crippen molar-refractivity contribution in [1.29, 1.82) is 0 Å². The van der Waals surface area contributed by atoms with Crippen LogP contribution in [0, 0.1) is 10.1 Å². The van der Waals surface area contributed by atoms with Crippen LogP contribution in [-0.4, -0.2) is 41.8 Å². The number of hydrogen-bond acceptors (Lipinski definition) is 6. The molecule has 9 nitrogen and oxygen atoms in total. The van der Waals surface area contributed by atoms with Crippen molar-refractivity contribution in [1.82, 2.24) is 4.90 Å². The van der Waals surface area contributed by atoms with Gasteiger partial charge in [0.05, 0.1) is 12.0 Å². The van der Waals surface area contributed by atoms with Gasteiger partial charge in [0.1, 0.15) is 0 Å². The highest BCUT2D eigenvalue weighted by Gasteiger charge is 2.21. The van der Waals surface area contributed by atoms with Crippen LogP contribution in [0.3, 0.4) is 0 Å². The number of carbonyl (C=O) groups is 2. The van der Waals surface area contributed by atoms with Crippen molar-refractivity contribution >= 4 is 34.8 Å². The summed E-state index contributed by atoms with van der Waals surface area (Å²) in [5.74, 6) is -0.0151. The van der Waals surface area contributed by atoms with Crippen LogP contribution in [0.25, 0.3) is 0 Å². The molecule has 180 valence electrons. The molecule has 3 aromatic rings. The number of hydrogen-bond donors (Lipinski definition) is 1. The highest BCUT2D eigenvalue weighted by molar-refractivity contribution is 6.30. The maximum Gasteiger partial charge on any atom is 0.313 e. The van der Waals surface area contributed by atoms with E-state index in [1.54, 1.807) is 24.3 Å². The van der Waals surface area contributed by atoms with Crippen LogP contribution in [0.1, 0.15) is 33.6 Å². The van der Waals surface area contributed by atoms with E-state index in [4.69, 9.17) is 21.1 Å². The van der Waals surface area contributed by atoms with Gasteiger partial charge in [-0.1, -0.05) is 11.6 Å². The lowest BCUT2D eigenvalue weighted by atomic mass is 10.1. The Kier molecular flexibility index (Phi) is 7.17. The molecule has 0 radical (unpaired) electrons. The molecule has 1 aliphatic heterocycles. The van der Waals surface area contributed by atoms with Crippen LogP contribution in [0.5, 0.6) is 17.2 Å². The van der Waals surface area contributed by atoms with Crippen molar-refractivity contribution in [3.05, 3.63) is 86.9 Å². The molecule has 0 unspecified atom stereocenters. The summed E-state index contributed by atoms with van der Waals surface area (Å²) in [6.45, 7) is 1.54. The largest absolute Gasteiger partial charge is 0.493 e. The van der Waals surface area contributed by atoms with Crippen molar-refractivity contribution in [3.8, 4) is 17.2 Å². The minimum Gasteiger partial charge on any atom is -0.493 e. The first-order valence-corrected chi connectivity index (χ1v) is 11.2. The van der Waals surface area contributed by atoms with E-state index in [0.717, 1.165) is 25.9 Å². The van der Waals surface area contributed by atoms with Crippen molar-refractivity contribution < 1.29 is 24.0 Å². The Balaban J connectivity index is 1.47. The number of nitro benzene ring substituents is 1. The zero-order valence-electron chi connectivity index (χ0n) is 18.8. The van der Waals surface area contributed by atoms with Crippen molar-refractivity contribution in [3.63, 3.8) is 0 Å². The minimum atomic E-state index is -0.598. The standard InChI is InChI=1S/C25H22ClN3O6/c1-34-23-14-17(6-10-22(23)35-21-11-7-18(26)15-20(21)29(32)33)24(30)27-19-8-4-16(5-9-19)25(31)28-12-2-3-13-28/h4-11,14-15H,2-3,12-13H2,1H3,(H,27,30). The molecule has 3 aromatic carbocycles. The highest BCUT2D eigenvalue weighted by atomic mass is 35.5. The van der Waals surface area contributed by atoms with Crippen molar-refractivity contribution in [2.45, 2.75) is 12.8 Å². The Bertz CT molecular complexity index is 1270. The molecule has 1 N–H and O–H groups in total. The molecule has 35 heavy (non-hydrogen) atoms. The Morgan fingerprint density at radius 2 is 1.60 bits per heavy atom. The van der Waals surface area contributed by atoms with E-state index in [1.165, 1.54) is 43.5 Å².